The van der Waals surface area contributed by atoms with Crippen molar-refractivity contribution in [3.63, 3.8) is 0 Å². The van der Waals surface area contributed by atoms with E-state index in [-0.39, 0.29) is 0 Å². The number of benzene rings is 1. The second-order valence-corrected chi connectivity index (χ2v) is 4.22. The summed E-state index contributed by atoms with van der Waals surface area (Å²) in [5.74, 6) is 0.975. The molecule has 0 fully saturated rings. The van der Waals surface area contributed by atoms with E-state index >= 15 is 0 Å². The molecule has 15 heavy (non-hydrogen) atoms. The summed E-state index contributed by atoms with van der Waals surface area (Å²) in [4.78, 5) is 0. The molecule has 0 radical (unpaired) electrons. The van der Waals surface area contributed by atoms with Crippen LogP contribution in [0.1, 0.15) is 31.4 Å². The van der Waals surface area contributed by atoms with Crippen molar-refractivity contribution in [1.29, 1.82) is 0 Å². The molecule has 0 bridgehead atoms. The van der Waals surface area contributed by atoms with Gasteiger partial charge in [0.15, 0.2) is 0 Å². The summed E-state index contributed by atoms with van der Waals surface area (Å²) in [6, 6.07) is 6.24. The first kappa shape index (κ1) is 10.8. The molecule has 0 spiro atoms. The van der Waals surface area contributed by atoms with Crippen molar-refractivity contribution in [3.05, 3.63) is 28.8 Å². The zero-order valence-corrected chi connectivity index (χ0v) is 9.68. The molecule has 1 unspecified atom stereocenters. The lowest BCUT2D eigenvalue weighted by atomic mass is 10.0. The lowest BCUT2D eigenvalue weighted by Gasteiger charge is -2.17. The Labute approximate surface area is 95.6 Å². The maximum Gasteiger partial charge on any atom is 0.124 e. The molecular weight excluding hydrogens is 210 g/mol. The Kier molecular flexibility index (Phi) is 3.49. The normalized spacial score (nSPS) is 20.3. The molecular formula is C12H16ClNO. The first-order chi connectivity index (χ1) is 7.31. The van der Waals surface area contributed by atoms with Gasteiger partial charge in [-0.15, -0.1) is 0 Å². The summed E-state index contributed by atoms with van der Waals surface area (Å²) < 4.78 is 5.68. The molecule has 1 atom stereocenters. The zero-order chi connectivity index (χ0) is 10.7. The van der Waals surface area contributed by atoms with Crippen molar-refractivity contribution in [1.82, 2.24) is 5.32 Å². The third-order valence-electron chi connectivity index (χ3n) is 2.69. The molecule has 2 rings (SSSR count). The van der Waals surface area contributed by atoms with Crippen LogP contribution in [0.4, 0.5) is 0 Å². The van der Waals surface area contributed by atoms with Gasteiger partial charge in [0.1, 0.15) is 5.75 Å². The third kappa shape index (κ3) is 2.44. The van der Waals surface area contributed by atoms with Gasteiger partial charge in [0.25, 0.3) is 0 Å². The summed E-state index contributed by atoms with van der Waals surface area (Å²) in [6.45, 7) is 3.89. The molecule has 1 heterocycles. The van der Waals surface area contributed by atoms with E-state index in [0.29, 0.717) is 6.04 Å². The Morgan fingerprint density at radius 1 is 1.53 bits per heavy atom. The first-order valence-electron chi connectivity index (χ1n) is 5.47. The van der Waals surface area contributed by atoms with Crippen LogP contribution in [0.5, 0.6) is 5.75 Å². The van der Waals surface area contributed by atoms with Crippen molar-refractivity contribution >= 4 is 11.6 Å². The minimum Gasteiger partial charge on any atom is -0.493 e. The lowest BCUT2D eigenvalue weighted by Crippen LogP contribution is -2.20. The Bertz CT molecular complexity index is 340. The van der Waals surface area contributed by atoms with Crippen LogP contribution in [0.3, 0.4) is 0 Å². The Hall–Kier alpha value is -0.730. The van der Waals surface area contributed by atoms with Crippen molar-refractivity contribution in [2.24, 2.45) is 0 Å². The number of hydrogen-bond acceptors (Lipinski definition) is 2. The molecule has 82 valence electrons. The molecule has 0 amide bonds. The number of nitrogens with one attached hydrogen (secondary N) is 1. The fraction of sp³-hybridized carbons (Fsp3) is 0.500. The maximum absolute atomic E-state index is 6.01. The zero-order valence-electron chi connectivity index (χ0n) is 8.92. The Balaban J connectivity index is 2.33. The predicted octanol–water partition coefficient (Wildman–Crippen LogP) is 3.16. The van der Waals surface area contributed by atoms with Crippen LogP contribution in [-0.4, -0.2) is 13.2 Å². The smallest absolute Gasteiger partial charge is 0.124 e. The molecule has 0 aromatic heterocycles. The van der Waals surface area contributed by atoms with E-state index in [2.05, 4.69) is 12.2 Å². The van der Waals surface area contributed by atoms with E-state index in [1.54, 1.807) is 0 Å². The monoisotopic (exact) mass is 225 g/mol. The molecule has 3 heteroatoms. The van der Waals surface area contributed by atoms with Crippen molar-refractivity contribution in [2.75, 3.05) is 13.2 Å². The van der Waals surface area contributed by atoms with Gasteiger partial charge in [0, 0.05) is 16.6 Å². The largest absolute Gasteiger partial charge is 0.493 e. The van der Waals surface area contributed by atoms with Gasteiger partial charge in [0.05, 0.1) is 6.61 Å². The predicted molar refractivity (Wildman–Crippen MR) is 62.6 cm³/mol. The maximum atomic E-state index is 6.01. The molecule has 0 aliphatic carbocycles. The standard InChI is InChI=1S/C12H16ClNO/c1-2-14-11-4-3-7-15-12-6-5-9(13)8-10(11)12/h5-6,8,11,14H,2-4,7H2,1H3. The molecule has 1 aliphatic rings. The van der Waals surface area contributed by atoms with E-state index in [4.69, 9.17) is 16.3 Å². The van der Waals surface area contributed by atoms with Crippen LogP contribution in [0, 0.1) is 0 Å². The highest BCUT2D eigenvalue weighted by Crippen LogP contribution is 2.33. The molecule has 1 N–H and O–H groups in total. The quantitative estimate of drug-likeness (QED) is 0.835. The molecule has 1 aromatic rings. The van der Waals surface area contributed by atoms with Gasteiger partial charge in [-0.25, -0.2) is 0 Å². The summed E-state index contributed by atoms with van der Waals surface area (Å²) in [5.41, 5.74) is 1.20. The summed E-state index contributed by atoms with van der Waals surface area (Å²) in [7, 11) is 0. The minimum atomic E-state index is 0.381. The molecule has 1 aromatic carbocycles. The lowest BCUT2D eigenvalue weighted by molar-refractivity contribution is 0.315. The van der Waals surface area contributed by atoms with Gasteiger partial charge in [-0.2, -0.15) is 0 Å². The van der Waals surface area contributed by atoms with Gasteiger partial charge < -0.3 is 10.1 Å². The van der Waals surface area contributed by atoms with Crippen molar-refractivity contribution < 1.29 is 4.74 Å². The van der Waals surface area contributed by atoms with Crippen LogP contribution >= 0.6 is 11.6 Å². The summed E-state index contributed by atoms with van der Waals surface area (Å²) in [6.07, 6.45) is 2.20. The van der Waals surface area contributed by atoms with Crippen LogP contribution in [0.15, 0.2) is 18.2 Å². The van der Waals surface area contributed by atoms with Crippen LogP contribution in [-0.2, 0) is 0 Å². The number of fused-ring (bicyclic) bond motifs is 1. The van der Waals surface area contributed by atoms with Gasteiger partial charge in [-0.3, -0.25) is 0 Å². The Morgan fingerprint density at radius 2 is 2.40 bits per heavy atom. The summed E-state index contributed by atoms with van der Waals surface area (Å²) >= 11 is 6.01. The van der Waals surface area contributed by atoms with Gasteiger partial charge in [-0.1, -0.05) is 18.5 Å². The van der Waals surface area contributed by atoms with E-state index in [1.807, 2.05) is 18.2 Å². The van der Waals surface area contributed by atoms with E-state index in [0.717, 1.165) is 36.8 Å². The molecule has 0 saturated carbocycles. The van der Waals surface area contributed by atoms with Crippen LogP contribution in [0.2, 0.25) is 5.02 Å². The molecule has 2 nitrogen and oxygen atoms in total. The minimum absolute atomic E-state index is 0.381. The van der Waals surface area contributed by atoms with Gasteiger partial charge in [-0.05, 0) is 37.6 Å². The van der Waals surface area contributed by atoms with Crippen LogP contribution in [0.25, 0.3) is 0 Å². The van der Waals surface area contributed by atoms with Crippen LogP contribution < -0.4 is 10.1 Å². The van der Waals surface area contributed by atoms with Gasteiger partial charge >= 0.3 is 0 Å². The SMILES string of the molecule is CCNC1CCCOc2ccc(Cl)cc21. The number of halogens is 1. The number of hydrogen-bond donors (Lipinski definition) is 1. The fourth-order valence-corrected chi connectivity index (χ4v) is 2.19. The van der Waals surface area contributed by atoms with Crippen molar-refractivity contribution in [3.8, 4) is 5.75 Å². The summed E-state index contributed by atoms with van der Waals surface area (Å²) in [5, 5.41) is 4.25. The fourth-order valence-electron chi connectivity index (χ4n) is 2.01. The van der Waals surface area contributed by atoms with Gasteiger partial charge in [0.2, 0.25) is 0 Å². The second kappa shape index (κ2) is 4.86. The number of ether oxygens (including phenoxy) is 1. The van der Waals surface area contributed by atoms with Crippen molar-refractivity contribution in [2.45, 2.75) is 25.8 Å². The molecule has 1 aliphatic heterocycles. The highest BCUT2D eigenvalue weighted by Gasteiger charge is 2.18. The van der Waals surface area contributed by atoms with E-state index < -0.39 is 0 Å². The second-order valence-electron chi connectivity index (χ2n) is 3.78. The average Bonchev–Trinajstić information content (AvgIpc) is 2.42. The van der Waals surface area contributed by atoms with E-state index in [9.17, 15) is 0 Å². The highest BCUT2D eigenvalue weighted by atomic mass is 35.5. The Morgan fingerprint density at radius 3 is 3.20 bits per heavy atom. The van der Waals surface area contributed by atoms with E-state index in [1.165, 1.54) is 5.56 Å². The first-order valence-corrected chi connectivity index (χ1v) is 5.84. The third-order valence-corrected chi connectivity index (χ3v) is 2.93. The number of rotatable bonds is 2. The molecule has 0 saturated heterocycles. The highest BCUT2D eigenvalue weighted by molar-refractivity contribution is 6.30. The topological polar surface area (TPSA) is 21.3 Å². The average molecular weight is 226 g/mol.